The first-order valence-electron chi connectivity index (χ1n) is 7.55. The molecule has 1 aromatic carbocycles. The number of carbonyl (C=O) groups is 1. The summed E-state index contributed by atoms with van der Waals surface area (Å²) in [6, 6.07) is 8.14. The van der Waals surface area contributed by atoms with Gasteiger partial charge in [0.05, 0.1) is 11.1 Å². The molecule has 0 atom stereocenters. The van der Waals surface area contributed by atoms with Crippen LogP contribution >= 0.6 is 0 Å². The second-order valence-corrected chi connectivity index (χ2v) is 5.64. The van der Waals surface area contributed by atoms with Crippen LogP contribution in [0.15, 0.2) is 24.3 Å². The number of pyridine rings is 1. The van der Waals surface area contributed by atoms with Crippen LogP contribution < -0.4 is 4.90 Å². The average molecular weight is 283 g/mol. The second-order valence-electron chi connectivity index (χ2n) is 5.64. The molecule has 1 saturated heterocycles. The van der Waals surface area contributed by atoms with Crippen molar-refractivity contribution < 1.29 is 4.79 Å². The first-order valence-corrected chi connectivity index (χ1v) is 7.55. The summed E-state index contributed by atoms with van der Waals surface area (Å²) in [7, 11) is 0. The van der Waals surface area contributed by atoms with Crippen LogP contribution in [0.1, 0.15) is 22.8 Å². The number of benzene rings is 1. The molecule has 110 valence electrons. The van der Waals surface area contributed by atoms with E-state index in [1.165, 1.54) is 5.56 Å². The Bertz CT molecular complexity index is 660. The number of fused-ring (bicyclic) bond motifs is 1. The quantitative estimate of drug-likeness (QED) is 0.811. The first-order chi connectivity index (χ1) is 10.2. The smallest absolute Gasteiger partial charge is 0.153 e. The number of piperazine rings is 1. The van der Waals surface area contributed by atoms with E-state index in [0.717, 1.165) is 55.7 Å². The minimum absolute atomic E-state index is 0.693. The second kappa shape index (κ2) is 5.82. The van der Waals surface area contributed by atoms with Gasteiger partial charge in [-0.25, -0.2) is 4.98 Å². The fourth-order valence-corrected chi connectivity index (χ4v) is 2.92. The van der Waals surface area contributed by atoms with Crippen molar-refractivity contribution in [3.05, 3.63) is 35.4 Å². The zero-order valence-electron chi connectivity index (χ0n) is 12.7. The molecule has 1 fully saturated rings. The number of aryl methyl sites for hydroxylation is 1. The normalized spacial score (nSPS) is 16.4. The van der Waals surface area contributed by atoms with Crippen molar-refractivity contribution in [1.82, 2.24) is 9.88 Å². The molecule has 0 spiro atoms. The third kappa shape index (κ3) is 2.76. The lowest BCUT2D eigenvalue weighted by molar-refractivity contribution is 0.112. The number of rotatable bonds is 3. The maximum absolute atomic E-state index is 11.4. The van der Waals surface area contributed by atoms with Crippen LogP contribution in [0.2, 0.25) is 0 Å². The third-order valence-electron chi connectivity index (χ3n) is 4.22. The van der Waals surface area contributed by atoms with Crippen LogP contribution in [0.3, 0.4) is 0 Å². The van der Waals surface area contributed by atoms with Crippen LogP contribution in [0.4, 0.5) is 5.82 Å². The Labute approximate surface area is 125 Å². The van der Waals surface area contributed by atoms with Crippen molar-refractivity contribution in [2.24, 2.45) is 0 Å². The molecule has 4 heteroatoms. The molecule has 21 heavy (non-hydrogen) atoms. The molecule has 0 aliphatic carbocycles. The summed E-state index contributed by atoms with van der Waals surface area (Å²) in [6.07, 6.45) is 0.927. The fourth-order valence-electron chi connectivity index (χ4n) is 2.92. The molecule has 1 aliphatic rings. The van der Waals surface area contributed by atoms with Gasteiger partial charge in [0.25, 0.3) is 0 Å². The molecule has 0 saturated carbocycles. The van der Waals surface area contributed by atoms with Crippen LogP contribution in [-0.4, -0.2) is 48.9 Å². The molecule has 2 aromatic rings. The molecule has 0 bridgehead atoms. The average Bonchev–Trinajstić information content (AvgIpc) is 2.53. The Kier molecular flexibility index (Phi) is 3.88. The fraction of sp³-hybridized carbons (Fsp3) is 0.412. The standard InChI is InChI=1S/C17H21N3O/c1-3-19-6-8-20(9-7-19)17-15(12-21)11-14-10-13(2)4-5-16(14)18-17/h4-5,10-12H,3,6-9H2,1-2H3. The molecule has 0 N–H and O–H groups in total. The Morgan fingerprint density at radius 3 is 2.62 bits per heavy atom. The molecule has 0 radical (unpaired) electrons. The van der Waals surface area contributed by atoms with Gasteiger partial charge < -0.3 is 9.80 Å². The zero-order valence-corrected chi connectivity index (χ0v) is 12.7. The predicted octanol–water partition coefficient (Wildman–Crippen LogP) is 2.50. The zero-order chi connectivity index (χ0) is 14.8. The van der Waals surface area contributed by atoms with Crippen molar-refractivity contribution >= 4 is 23.0 Å². The van der Waals surface area contributed by atoms with Gasteiger partial charge in [0.1, 0.15) is 5.82 Å². The highest BCUT2D eigenvalue weighted by atomic mass is 16.1. The van der Waals surface area contributed by atoms with Gasteiger partial charge in [0, 0.05) is 31.6 Å². The van der Waals surface area contributed by atoms with Gasteiger partial charge in [-0.2, -0.15) is 0 Å². The van der Waals surface area contributed by atoms with Gasteiger partial charge in [-0.05, 0) is 31.7 Å². The number of aldehydes is 1. The molecular formula is C17H21N3O. The van der Waals surface area contributed by atoms with E-state index in [9.17, 15) is 4.79 Å². The van der Waals surface area contributed by atoms with E-state index < -0.39 is 0 Å². The van der Waals surface area contributed by atoms with Crippen molar-refractivity contribution in [2.75, 3.05) is 37.6 Å². The van der Waals surface area contributed by atoms with E-state index in [2.05, 4.69) is 35.8 Å². The largest absolute Gasteiger partial charge is 0.353 e. The van der Waals surface area contributed by atoms with Crippen LogP contribution in [-0.2, 0) is 0 Å². The minimum atomic E-state index is 0.693. The van der Waals surface area contributed by atoms with Crippen LogP contribution in [0.25, 0.3) is 10.9 Å². The molecule has 1 aromatic heterocycles. The van der Waals surface area contributed by atoms with Crippen molar-refractivity contribution in [1.29, 1.82) is 0 Å². The van der Waals surface area contributed by atoms with E-state index in [1.54, 1.807) is 0 Å². The lowest BCUT2D eigenvalue weighted by Gasteiger charge is -2.35. The summed E-state index contributed by atoms with van der Waals surface area (Å²) >= 11 is 0. The van der Waals surface area contributed by atoms with E-state index >= 15 is 0 Å². The summed E-state index contributed by atoms with van der Waals surface area (Å²) in [4.78, 5) is 20.8. The van der Waals surface area contributed by atoms with Crippen molar-refractivity contribution in [3.63, 3.8) is 0 Å². The highest BCUT2D eigenvalue weighted by Gasteiger charge is 2.19. The molecular weight excluding hydrogens is 262 g/mol. The Morgan fingerprint density at radius 1 is 1.19 bits per heavy atom. The van der Waals surface area contributed by atoms with Crippen molar-refractivity contribution in [3.8, 4) is 0 Å². The van der Waals surface area contributed by atoms with Gasteiger partial charge >= 0.3 is 0 Å². The molecule has 1 aliphatic heterocycles. The number of likely N-dealkylation sites (N-methyl/N-ethyl adjacent to an activating group) is 1. The van der Waals surface area contributed by atoms with E-state index in [4.69, 9.17) is 4.98 Å². The number of nitrogens with zero attached hydrogens (tertiary/aromatic N) is 3. The summed E-state index contributed by atoms with van der Waals surface area (Å²) in [6.45, 7) is 9.24. The number of anilines is 1. The SMILES string of the molecule is CCN1CCN(c2nc3ccc(C)cc3cc2C=O)CC1. The number of carbonyl (C=O) groups excluding carboxylic acids is 1. The maximum Gasteiger partial charge on any atom is 0.153 e. The number of hydrogen-bond acceptors (Lipinski definition) is 4. The Morgan fingerprint density at radius 2 is 1.95 bits per heavy atom. The van der Waals surface area contributed by atoms with Gasteiger partial charge in [-0.3, -0.25) is 4.79 Å². The van der Waals surface area contributed by atoms with E-state index in [0.29, 0.717) is 5.56 Å². The summed E-state index contributed by atoms with van der Waals surface area (Å²) < 4.78 is 0. The number of hydrogen-bond donors (Lipinski definition) is 0. The third-order valence-corrected chi connectivity index (χ3v) is 4.22. The molecule has 2 heterocycles. The predicted molar refractivity (Wildman–Crippen MR) is 86.2 cm³/mol. The Hall–Kier alpha value is -1.94. The summed E-state index contributed by atoms with van der Waals surface area (Å²) in [5, 5.41) is 1.04. The molecule has 0 unspecified atom stereocenters. The topological polar surface area (TPSA) is 36.4 Å². The van der Waals surface area contributed by atoms with Gasteiger partial charge in [-0.15, -0.1) is 0 Å². The van der Waals surface area contributed by atoms with Crippen LogP contribution in [0, 0.1) is 6.92 Å². The highest BCUT2D eigenvalue weighted by molar-refractivity contribution is 5.92. The lowest BCUT2D eigenvalue weighted by Crippen LogP contribution is -2.46. The molecule has 4 nitrogen and oxygen atoms in total. The summed E-state index contributed by atoms with van der Waals surface area (Å²) in [5.41, 5.74) is 2.84. The first kappa shape index (κ1) is 14.0. The number of aromatic nitrogens is 1. The van der Waals surface area contributed by atoms with Crippen molar-refractivity contribution in [2.45, 2.75) is 13.8 Å². The van der Waals surface area contributed by atoms with E-state index in [1.807, 2.05) is 12.1 Å². The van der Waals surface area contributed by atoms with Gasteiger partial charge in [-0.1, -0.05) is 18.6 Å². The van der Waals surface area contributed by atoms with Gasteiger partial charge in [0.2, 0.25) is 0 Å². The summed E-state index contributed by atoms with van der Waals surface area (Å²) in [5.74, 6) is 0.831. The molecule has 3 rings (SSSR count). The van der Waals surface area contributed by atoms with Crippen LogP contribution in [0.5, 0.6) is 0 Å². The Balaban J connectivity index is 1.97. The maximum atomic E-state index is 11.4. The van der Waals surface area contributed by atoms with E-state index in [-0.39, 0.29) is 0 Å². The van der Waals surface area contributed by atoms with Gasteiger partial charge in [0.15, 0.2) is 6.29 Å². The monoisotopic (exact) mass is 283 g/mol. The molecule has 0 amide bonds. The highest BCUT2D eigenvalue weighted by Crippen LogP contribution is 2.24. The minimum Gasteiger partial charge on any atom is -0.353 e. The lowest BCUT2D eigenvalue weighted by atomic mass is 10.1.